The average Bonchev–Trinajstić information content (AvgIpc) is 3.00. The van der Waals surface area contributed by atoms with Gasteiger partial charge in [-0.15, -0.1) is 0 Å². The van der Waals surface area contributed by atoms with Gasteiger partial charge in [-0.2, -0.15) is 0 Å². The number of carbonyl (C=O) groups excluding carboxylic acids is 2. The summed E-state index contributed by atoms with van der Waals surface area (Å²) in [6.07, 6.45) is 0.797. The number of hydrogen-bond donors (Lipinski definition) is 1. The Morgan fingerprint density at radius 3 is 2.75 bits per heavy atom. The van der Waals surface area contributed by atoms with Gasteiger partial charge in [-0.25, -0.2) is 4.79 Å². The van der Waals surface area contributed by atoms with Gasteiger partial charge in [-0.05, 0) is 23.6 Å². The molecule has 3 rings (SSSR count). The number of alkyl carbamates (subject to hydrolysis) is 1. The lowest BCUT2D eigenvalue weighted by atomic mass is 10.0. The molecule has 2 aromatic rings. The van der Waals surface area contributed by atoms with Crippen molar-refractivity contribution < 1.29 is 14.3 Å². The van der Waals surface area contributed by atoms with Crippen molar-refractivity contribution in [3.8, 4) is 11.8 Å². The molecule has 1 aliphatic carbocycles. The number of carbonyl (C=O) groups is 2. The van der Waals surface area contributed by atoms with Crippen LogP contribution in [0.5, 0.6) is 0 Å². The maximum Gasteiger partial charge on any atom is 0.408 e. The Morgan fingerprint density at radius 1 is 1.08 bits per heavy atom. The van der Waals surface area contributed by atoms with Gasteiger partial charge in [0.15, 0.2) is 5.78 Å². The lowest BCUT2D eigenvalue weighted by molar-refractivity contribution is 0.0994. The standard InChI is InChI=1S/C20H17NO3/c22-19-12-11-17-16(8-4-10-18(17)19)9-5-13-21-20(23)24-14-15-6-2-1-3-7-15/h1-4,6-8,10H,11-14H2,(H,21,23). The minimum absolute atomic E-state index is 0.177. The summed E-state index contributed by atoms with van der Waals surface area (Å²) in [7, 11) is 0. The molecule has 1 amide bonds. The molecule has 0 saturated heterocycles. The third kappa shape index (κ3) is 3.82. The Balaban J connectivity index is 1.50. The van der Waals surface area contributed by atoms with Crippen LogP contribution in [0.15, 0.2) is 48.5 Å². The molecule has 0 heterocycles. The van der Waals surface area contributed by atoms with Gasteiger partial charge in [-0.1, -0.05) is 54.3 Å². The number of Topliss-reactive ketones (excluding diaryl/α,β-unsaturated/α-hetero) is 1. The van der Waals surface area contributed by atoms with E-state index in [0.29, 0.717) is 6.42 Å². The van der Waals surface area contributed by atoms with Crippen LogP contribution in [0.3, 0.4) is 0 Å². The van der Waals surface area contributed by atoms with Crippen molar-refractivity contribution in [1.82, 2.24) is 5.32 Å². The van der Waals surface area contributed by atoms with Gasteiger partial charge in [-0.3, -0.25) is 4.79 Å². The van der Waals surface area contributed by atoms with Crippen LogP contribution in [0.2, 0.25) is 0 Å². The Hall–Kier alpha value is -3.06. The zero-order valence-corrected chi connectivity index (χ0v) is 13.2. The number of fused-ring (bicyclic) bond motifs is 1. The summed E-state index contributed by atoms with van der Waals surface area (Å²) < 4.78 is 5.11. The largest absolute Gasteiger partial charge is 0.445 e. The molecule has 4 nitrogen and oxygen atoms in total. The molecular formula is C20H17NO3. The molecular weight excluding hydrogens is 302 g/mol. The number of hydrogen-bond acceptors (Lipinski definition) is 3. The fourth-order valence-corrected chi connectivity index (χ4v) is 2.64. The van der Waals surface area contributed by atoms with E-state index in [9.17, 15) is 9.59 Å². The summed E-state index contributed by atoms with van der Waals surface area (Å²) >= 11 is 0. The smallest absolute Gasteiger partial charge is 0.408 e. The van der Waals surface area contributed by atoms with Crippen LogP contribution in [-0.2, 0) is 17.8 Å². The molecule has 0 unspecified atom stereocenters. The zero-order valence-electron chi connectivity index (χ0n) is 13.2. The molecule has 0 radical (unpaired) electrons. The Kier molecular flexibility index (Phi) is 4.93. The van der Waals surface area contributed by atoms with Crippen molar-refractivity contribution in [3.05, 3.63) is 70.8 Å². The van der Waals surface area contributed by atoms with Crippen LogP contribution in [0, 0.1) is 11.8 Å². The molecule has 2 aromatic carbocycles. The molecule has 120 valence electrons. The maximum absolute atomic E-state index is 11.7. The van der Waals surface area contributed by atoms with E-state index in [1.807, 2.05) is 48.5 Å². The zero-order chi connectivity index (χ0) is 16.8. The van der Waals surface area contributed by atoms with Crippen LogP contribution in [-0.4, -0.2) is 18.4 Å². The topological polar surface area (TPSA) is 55.4 Å². The Morgan fingerprint density at radius 2 is 1.92 bits per heavy atom. The number of ketones is 1. The number of benzene rings is 2. The van der Waals surface area contributed by atoms with Crippen LogP contribution in [0.25, 0.3) is 0 Å². The average molecular weight is 319 g/mol. The van der Waals surface area contributed by atoms with E-state index in [-0.39, 0.29) is 18.9 Å². The van der Waals surface area contributed by atoms with Gasteiger partial charge in [0.1, 0.15) is 6.61 Å². The molecule has 0 spiro atoms. The highest BCUT2D eigenvalue weighted by Gasteiger charge is 2.20. The predicted molar refractivity (Wildman–Crippen MR) is 90.6 cm³/mol. The lowest BCUT2D eigenvalue weighted by Crippen LogP contribution is -2.24. The number of ether oxygens (including phenoxy) is 1. The van der Waals surface area contributed by atoms with Gasteiger partial charge in [0.05, 0.1) is 6.54 Å². The molecule has 0 aromatic heterocycles. The number of rotatable bonds is 3. The first-order valence-electron chi connectivity index (χ1n) is 7.82. The molecule has 1 N–H and O–H groups in total. The van der Waals surface area contributed by atoms with E-state index >= 15 is 0 Å². The number of nitrogens with one attached hydrogen (secondary N) is 1. The van der Waals surface area contributed by atoms with E-state index in [4.69, 9.17) is 4.74 Å². The Labute approximate surface area is 140 Å². The highest BCUT2D eigenvalue weighted by atomic mass is 16.5. The number of amides is 1. The second-order valence-electron chi connectivity index (χ2n) is 5.47. The van der Waals surface area contributed by atoms with Crippen LogP contribution >= 0.6 is 0 Å². The van der Waals surface area contributed by atoms with Crippen LogP contribution in [0.1, 0.15) is 33.5 Å². The monoisotopic (exact) mass is 319 g/mol. The van der Waals surface area contributed by atoms with Crippen LogP contribution in [0.4, 0.5) is 4.79 Å². The lowest BCUT2D eigenvalue weighted by Gasteiger charge is -2.04. The minimum Gasteiger partial charge on any atom is -0.445 e. The quantitative estimate of drug-likeness (QED) is 0.885. The first kappa shape index (κ1) is 15.8. The molecule has 1 aliphatic rings. The van der Waals surface area contributed by atoms with Crippen molar-refractivity contribution in [2.24, 2.45) is 0 Å². The highest BCUT2D eigenvalue weighted by Crippen LogP contribution is 2.24. The maximum atomic E-state index is 11.7. The van der Waals surface area contributed by atoms with E-state index in [0.717, 1.165) is 28.7 Å². The fraction of sp³-hybridized carbons (Fsp3) is 0.200. The summed E-state index contributed by atoms with van der Waals surface area (Å²) in [4.78, 5) is 23.3. The summed E-state index contributed by atoms with van der Waals surface area (Å²) in [5.41, 5.74) is 3.58. The Bertz CT molecular complexity index is 816. The second kappa shape index (κ2) is 7.47. The van der Waals surface area contributed by atoms with Gasteiger partial charge in [0.2, 0.25) is 0 Å². The second-order valence-corrected chi connectivity index (χ2v) is 5.47. The van der Waals surface area contributed by atoms with Gasteiger partial charge in [0, 0.05) is 17.5 Å². The van der Waals surface area contributed by atoms with Gasteiger partial charge in [0.25, 0.3) is 0 Å². The van der Waals surface area contributed by atoms with Crippen molar-refractivity contribution in [3.63, 3.8) is 0 Å². The molecule has 0 saturated carbocycles. The SMILES string of the molecule is O=C(NCC#Cc1cccc2c1CCC2=O)OCc1ccccc1. The third-order valence-electron chi connectivity index (χ3n) is 3.84. The first-order valence-corrected chi connectivity index (χ1v) is 7.82. The van der Waals surface area contributed by atoms with Gasteiger partial charge >= 0.3 is 6.09 Å². The van der Waals surface area contributed by atoms with E-state index in [2.05, 4.69) is 17.2 Å². The van der Waals surface area contributed by atoms with E-state index in [1.165, 1.54) is 0 Å². The minimum atomic E-state index is -0.498. The van der Waals surface area contributed by atoms with Crippen molar-refractivity contribution >= 4 is 11.9 Å². The van der Waals surface area contributed by atoms with Crippen molar-refractivity contribution in [2.45, 2.75) is 19.4 Å². The molecule has 0 aliphatic heterocycles. The summed E-state index contributed by atoms with van der Waals surface area (Å²) in [6.45, 7) is 0.430. The molecule has 24 heavy (non-hydrogen) atoms. The molecule has 4 heteroatoms. The van der Waals surface area contributed by atoms with Crippen molar-refractivity contribution in [1.29, 1.82) is 0 Å². The van der Waals surface area contributed by atoms with E-state index in [1.54, 1.807) is 0 Å². The van der Waals surface area contributed by atoms with Crippen LogP contribution < -0.4 is 5.32 Å². The van der Waals surface area contributed by atoms with Crippen molar-refractivity contribution in [2.75, 3.05) is 6.54 Å². The molecule has 0 bridgehead atoms. The third-order valence-corrected chi connectivity index (χ3v) is 3.84. The highest BCUT2D eigenvalue weighted by molar-refractivity contribution is 6.01. The summed E-state index contributed by atoms with van der Waals surface area (Å²) in [5, 5.41) is 2.60. The first-order chi connectivity index (χ1) is 11.7. The summed E-state index contributed by atoms with van der Waals surface area (Å²) in [5.74, 6) is 6.10. The normalized spacial score (nSPS) is 12.1. The fourth-order valence-electron chi connectivity index (χ4n) is 2.64. The van der Waals surface area contributed by atoms with Gasteiger partial charge < -0.3 is 10.1 Å². The molecule has 0 fully saturated rings. The summed E-state index contributed by atoms with van der Waals surface area (Å²) in [6, 6.07) is 15.1. The molecule has 0 atom stereocenters. The predicted octanol–water partition coefficient (Wildman–Crippen LogP) is 3.09. The van der Waals surface area contributed by atoms with E-state index < -0.39 is 6.09 Å².